The van der Waals surface area contributed by atoms with Crippen LogP contribution in [-0.4, -0.2) is 35.8 Å². The first kappa shape index (κ1) is 30.8. The van der Waals surface area contributed by atoms with Gasteiger partial charge in [-0.05, 0) is 0 Å². The van der Waals surface area contributed by atoms with E-state index in [1.54, 1.807) is 0 Å². The summed E-state index contributed by atoms with van der Waals surface area (Å²) in [6, 6.07) is 3.97. The number of rotatable bonds is 1. The average molecular weight is 622 g/mol. The molecular weight excluding hydrogens is 605 g/mol. The van der Waals surface area contributed by atoms with Crippen LogP contribution in [0.15, 0.2) is 48.5 Å². The van der Waals surface area contributed by atoms with Crippen LogP contribution in [0.3, 0.4) is 0 Å². The van der Waals surface area contributed by atoms with Crippen LogP contribution in [0.1, 0.15) is 31.9 Å². The molecule has 2 heterocycles. The van der Waals surface area contributed by atoms with E-state index in [0.717, 1.165) is 32.9 Å². The summed E-state index contributed by atoms with van der Waals surface area (Å²) in [5.74, 6) is -6.93. The van der Waals surface area contributed by atoms with Crippen LogP contribution in [-0.2, 0) is 20.2 Å². The maximum atomic E-state index is 15.2. The summed E-state index contributed by atoms with van der Waals surface area (Å²) < 4.78 is 213. The second kappa shape index (κ2) is 7.80. The van der Waals surface area contributed by atoms with Gasteiger partial charge in [-0.2, -0.15) is 0 Å². The number of benzene rings is 2. The van der Waals surface area contributed by atoms with Gasteiger partial charge in [0.1, 0.15) is 0 Å². The predicted octanol–water partition coefficient (Wildman–Crippen LogP) is 8.15. The minimum atomic E-state index is -7.05. The molecule has 0 bridgehead atoms. The zero-order valence-electron chi connectivity index (χ0n) is 20.2. The Hall–Kier alpha value is -2.19. The molecule has 1 spiro atoms. The van der Waals surface area contributed by atoms with E-state index >= 15 is 8.78 Å². The van der Waals surface area contributed by atoms with Gasteiger partial charge in [0.15, 0.2) is 0 Å². The van der Waals surface area contributed by atoms with E-state index < -0.39 is 75.8 Å². The molecule has 0 radical (unpaired) electrons. The summed E-state index contributed by atoms with van der Waals surface area (Å²) in [4.78, 5) is 0. The molecular formula is C23H17F14O2P. The first-order valence-electron chi connectivity index (χ1n) is 11.0. The molecule has 2 aromatic rings. The van der Waals surface area contributed by atoms with Gasteiger partial charge in [0.2, 0.25) is 0 Å². The number of alkyl halides is 14. The molecule has 1 atom stereocenters. The zero-order valence-corrected chi connectivity index (χ0v) is 21.1. The van der Waals surface area contributed by atoms with Gasteiger partial charge in [0, 0.05) is 0 Å². The molecule has 40 heavy (non-hydrogen) atoms. The third-order valence-corrected chi connectivity index (χ3v) is 13.5. The van der Waals surface area contributed by atoms with Crippen molar-refractivity contribution in [3.8, 4) is 0 Å². The van der Waals surface area contributed by atoms with Crippen LogP contribution >= 0.6 is 7.06 Å². The molecule has 2 aromatic carbocycles. The number of halogens is 14. The van der Waals surface area contributed by atoms with Crippen molar-refractivity contribution in [2.75, 3.05) is 0 Å². The van der Waals surface area contributed by atoms with Crippen molar-refractivity contribution in [2.24, 2.45) is 0 Å². The van der Waals surface area contributed by atoms with E-state index in [1.807, 2.05) is 0 Å². The summed E-state index contributed by atoms with van der Waals surface area (Å²) in [6.45, 7) is 2.25. The summed E-state index contributed by atoms with van der Waals surface area (Å²) >= 11 is 0. The Labute approximate surface area is 216 Å². The summed E-state index contributed by atoms with van der Waals surface area (Å²) in [6.07, 6.45) is -26.8. The Balaban J connectivity index is 2.38. The number of hydrogen-bond donors (Lipinski definition) is 0. The molecule has 0 unspecified atom stereocenters. The quantitative estimate of drug-likeness (QED) is 0.236. The summed E-state index contributed by atoms with van der Waals surface area (Å²) in [5.41, 5.74) is -15.1. The first-order chi connectivity index (χ1) is 17.7. The molecule has 0 fully saturated rings. The monoisotopic (exact) mass is 622 g/mol. The van der Waals surface area contributed by atoms with Gasteiger partial charge in [-0.25, -0.2) is 0 Å². The fourth-order valence-electron chi connectivity index (χ4n) is 5.59. The minimum absolute atomic E-state index is 0.1000. The Kier molecular flexibility index (Phi) is 6.00. The fraction of sp³-hybridized carbons (Fsp3) is 0.478. The van der Waals surface area contributed by atoms with Gasteiger partial charge in [0.05, 0.1) is 0 Å². The molecule has 0 aliphatic carbocycles. The topological polar surface area (TPSA) is 18.5 Å². The van der Waals surface area contributed by atoms with Gasteiger partial charge < -0.3 is 0 Å². The fourth-order valence-corrected chi connectivity index (χ4v) is 12.0. The van der Waals surface area contributed by atoms with E-state index in [-0.39, 0.29) is 12.1 Å². The van der Waals surface area contributed by atoms with Gasteiger partial charge in [-0.15, -0.1) is 0 Å². The second-order valence-corrected chi connectivity index (χ2v) is 14.9. The normalized spacial score (nSPS) is 25.3. The third kappa shape index (κ3) is 3.07. The second-order valence-electron chi connectivity index (χ2n) is 10.3. The molecule has 17 heteroatoms. The Morgan fingerprint density at radius 2 is 0.850 bits per heavy atom. The number of hydrogen-bond acceptors (Lipinski definition) is 2. The molecule has 0 aromatic heterocycles. The number of fused-ring (bicyclic) bond motifs is 4. The molecule has 0 N–H and O–H groups in total. The van der Waals surface area contributed by atoms with Crippen molar-refractivity contribution >= 4 is 17.7 Å². The molecule has 2 aliphatic heterocycles. The molecule has 2 nitrogen and oxygen atoms in total. The van der Waals surface area contributed by atoms with Gasteiger partial charge in [-0.1, -0.05) is 0 Å². The van der Waals surface area contributed by atoms with E-state index in [0.29, 0.717) is 24.3 Å². The SMILES string of the molecule is CC(C)(C)P12(OC(C(F)(F)F)(C(F)(F)F)c3ccccc31)O[C@](C(F)(F)F)(C(F)(F)C(F)(F)F)c1ccccc12. The van der Waals surface area contributed by atoms with E-state index in [2.05, 4.69) is 0 Å². The first-order valence-corrected chi connectivity index (χ1v) is 13.1. The van der Waals surface area contributed by atoms with Crippen LogP contribution < -0.4 is 10.6 Å². The summed E-state index contributed by atoms with van der Waals surface area (Å²) in [7, 11) is -7.03. The van der Waals surface area contributed by atoms with Crippen LogP contribution in [0, 0.1) is 0 Å². The molecule has 4 rings (SSSR count). The van der Waals surface area contributed by atoms with Crippen LogP contribution in [0.4, 0.5) is 61.5 Å². The Morgan fingerprint density at radius 3 is 1.18 bits per heavy atom. The molecule has 2 aliphatic rings. The van der Waals surface area contributed by atoms with Gasteiger partial charge in [0.25, 0.3) is 0 Å². The summed E-state index contributed by atoms with van der Waals surface area (Å²) in [5, 5.41) is -5.30. The van der Waals surface area contributed by atoms with Crippen molar-refractivity contribution in [3.63, 3.8) is 0 Å². The van der Waals surface area contributed by atoms with Crippen molar-refractivity contribution in [1.29, 1.82) is 0 Å². The van der Waals surface area contributed by atoms with E-state index in [1.165, 1.54) is 0 Å². The van der Waals surface area contributed by atoms with Crippen molar-refractivity contribution < 1.29 is 70.5 Å². The van der Waals surface area contributed by atoms with E-state index in [4.69, 9.17) is 9.05 Å². The van der Waals surface area contributed by atoms with Gasteiger partial charge >= 0.3 is 216 Å². The standard InChI is InChI=1S/C23H17F14O2P/c1-16(2,3)40(15-11-7-5-9-13(15)18(39-40,21(29,30)31)22(32,33)34)14-10-6-4-8-12(14)17(38-40,20(26,27)28)19(24,25)23(35,36)37/h4-11H,1-3H3/t17-/m0/s1. The van der Waals surface area contributed by atoms with Crippen molar-refractivity contribution in [2.45, 2.75) is 67.8 Å². The maximum absolute atomic E-state index is 15.2. The Bertz CT molecular complexity index is 1340. The predicted molar refractivity (Wildman–Crippen MR) is 114 cm³/mol. The average Bonchev–Trinajstić information content (AvgIpc) is 3.23. The van der Waals surface area contributed by atoms with Crippen LogP contribution in [0.5, 0.6) is 0 Å². The van der Waals surface area contributed by atoms with Crippen LogP contribution in [0.25, 0.3) is 0 Å². The Morgan fingerprint density at radius 1 is 0.525 bits per heavy atom. The molecule has 0 amide bonds. The van der Waals surface area contributed by atoms with Crippen molar-refractivity contribution in [1.82, 2.24) is 0 Å². The van der Waals surface area contributed by atoms with Gasteiger partial charge in [-0.3, -0.25) is 0 Å². The molecule has 0 saturated heterocycles. The zero-order chi connectivity index (χ0) is 30.8. The van der Waals surface area contributed by atoms with E-state index in [9.17, 15) is 52.7 Å². The van der Waals surface area contributed by atoms with Crippen LogP contribution in [0.2, 0.25) is 0 Å². The molecule has 0 saturated carbocycles. The third-order valence-electron chi connectivity index (χ3n) is 7.28. The van der Waals surface area contributed by atoms with Crippen molar-refractivity contribution in [3.05, 3.63) is 59.7 Å². The molecule has 224 valence electrons.